The first-order valence-corrected chi connectivity index (χ1v) is 13.1. The van der Waals surface area contributed by atoms with E-state index in [9.17, 15) is 4.79 Å². The van der Waals surface area contributed by atoms with E-state index >= 15 is 0 Å². The summed E-state index contributed by atoms with van der Waals surface area (Å²) in [7, 11) is 0. The Morgan fingerprint density at radius 1 is 1.14 bits per heavy atom. The molecular formula is C27H28N6O3S. The molecule has 1 saturated heterocycles. The first-order valence-electron chi connectivity index (χ1n) is 12.2. The van der Waals surface area contributed by atoms with Crippen molar-refractivity contribution in [3.05, 3.63) is 78.2 Å². The van der Waals surface area contributed by atoms with Crippen molar-refractivity contribution in [3.8, 4) is 16.5 Å². The van der Waals surface area contributed by atoms with E-state index in [2.05, 4.69) is 30.8 Å². The number of aromatic nitrogens is 4. The lowest BCUT2D eigenvalue weighted by Gasteiger charge is -2.24. The van der Waals surface area contributed by atoms with Gasteiger partial charge in [-0.05, 0) is 49.4 Å². The van der Waals surface area contributed by atoms with Crippen LogP contribution in [0.5, 0.6) is 5.88 Å². The van der Waals surface area contributed by atoms with Crippen molar-refractivity contribution in [1.82, 2.24) is 20.2 Å². The Bertz CT molecular complexity index is 1310. The van der Waals surface area contributed by atoms with Crippen LogP contribution < -0.4 is 15.4 Å². The molecule has 1 fully saturated rings. The third kappa shape index (κ3) is 6.46. The van der Waals surface area contributed by atoms with Crippen LogP contribution in [0.2, 0.25) is 0 Å². The molecular weight excluding hydrogens is 488 g/mol. The van der Waals surface area contributed by atoms with Gasteiger partial charge in [-0.15, -0.1) is 10.2 Å². The molecule has 190 valence electrons. The quantitative estimate of drug-likeness (QED) is 0.311. The van der Waals surface area contributed by atoms with Crippen LogP contribution in [-0.4, -0.2) is 45.8 Å². The van der Waals surface area contributed by atoms with Gasteiger partial charge in [0.15, 0.2) is 0 Å². The molecule has 4 aromatic rings. The summed E-state index contributed by atoms with van der Waals surface area (Å²) >= 11 is 1.30. The highest BCUT2D eigenvalue weighted by Gasteiger charge is 2.19. The van der Waals surface area contributed by atoms with E-state index in [1.807, 2.05) is 49.4 Å². The van der Waals surface area contributed by atoms with E-state index in [-0.39, 0.29) is 12.0 Å². The molecule has 1 aliphatic rings. The summed E-state index contributed by atoms with van der Waals surface area (Å²) in [6.45, 7) is 4.27. The molecule has 1 atom stereocenters. The number of benzene rings is 1. The minimum Gasteiger partial charge on any atom is -0.468 e. The van der Waals surface area contributed by atoms with Crippen LogP contribution in [0.1, 0.15) is 41.8 Å². The molecule has 9 nitrogen and oxygen atoms in total. The van der Waals surface area contributed by atoms with Crippen LogP contribution in [0.3, 0.4) is 0 Å². The van der Waals surface area contributed by atoms with Crippen LogP contribution in [0.4, 0.5) is 10.8 Å². The van der Waals surface area contributed by atoms with Gasteiger partial charge in [0.2, 0.25) is 11.0 Å². The molecule has 10 heteroatoms. The number of pyridine rings is 2. The van der Waals surface area contributed by atoms with Gasteiger partial charge in [0.1, 0.15) is 11.1 Å². The normalized spacial score (nSPS) is 14.6. The summed E-state index contributed by atoms with van der Waals surface area (Å²) < 4.78 is 11.7. The minimum absolute atomic E-state index is 0.204. The third-order valence-corrected chi connectivity index (χ3v) is 7.05. The smallest absolute Gasteiger partial charge is 0.259 e. The average Bonchev–Trinajstić information content (AvgIpc) is 3.42. The zero-order chi connectivity index (χ0) is 25.5. The second kappa shape index (κ2) is 11.9. The average molecular weight is 517 g/mol. The molecule has 1 aliphatic heterocycles. The number of ether oxygens (including phenoxy) is 2. The molecule has 0 saturated carbocycles. The lowest BCUT2D eigenvalue weighted by Crippen LogP contribution is -2.23. The number of hydrogen-bond donors (Lipinski definition) is 2. The van der Waals surface area contributed by atoms with E-state index in [1.165, 1.54) is 17.5 Å². The lowest BCUT2D eigenvalue weighted by molar-refractivity contribution is 0.0699. The van der Waals surface area contributed by atoms with Crippen molar-refractivity contribution < 1.29 is 14.3 Å². The van der Waals surface area contributed by atoms with Gasteiger partial charge < -0.3 is 14.8 Å². The molecule has 3 aromatic heterocycles. The Hall–Kier alpha value is -3.89. The number of hydrogen-bond acceptors (Lipinski definition) is 9. The second-order valence-electron chi connectivity index (χ2n) is 8.79. The largest absolute Gasteiger partial charge is 0.468 e. The number of carbonyl (C=O) groups excluding carboxylic acids is 1. The van der Waals surface area contributed by atoms with Crippen molar-refractivity contribution in [2.24, 2.45) is 5.92 Å². The maximum absolute atomic E-state index is 13.1. The fourth-order valence-corrected chi connectivity index (χ4v) is 4.76. The van der Waals surface area contributed by atoms with Gasteiger partial charge in [0, 0.05) is 43.9 Å². The van der Waals surface area contributed by atoms with Gasteiger partial charge in [-0.3, -0.25) is 15.1 Å². The van der Waals surface area contributed by atoms with Gasteiger partial charge >= 0.3 is 0 Å². The predicted octanol–water partition coefficient (Wildman–Crippen LogP) is 5.23. The van der Waals surface area contributed by atoms with Crippen molar-refractivity contribution in [2.45, 2.75) is 25.9 Å². The zero-order valence-electron chi connectivity index (χ0n) is 20.5. The summed E-state index contributed by atoms with van der Waals surface area (Å²) in [5, 5.41) is 15.7. The number of rotatable bonds is 9. The Balaban J connectivity index is 1.33. The van der Waals surface area contributed by atoms with E-state index in [1.54, 1.807) is 18.5 Å². The number of carbonyl (C=O) groups is 1. The first-order chi connectivity index (χ1) is 18.2. The zero-order valence-corrected chi connectivity index (χ0v) is 21.3. The highest BCUT2D eigenvalue weighted by Crippen LogP contribution is 2.30. The van der Waals surface area contributed by atoms with Crippen molar-refractivity contribution in [1.29, 1.82) is 0 Å². The van der Waals surface area contributed by atoms with E-state index in [4.69, 9.17) is 9.47 Å². The van der Waals surface area contributed by atoms with Crippen LogP contribution in [0.15, 0.2) is 67.1 Å². The standard InChI is InChI=1S/C27H28N6O3S/c1-18(20-5-3-2-4-6-20)36-25-23(29-16-19-9-13-35-14-10-19)15-22(17-30-25)24(34)31-27-33-32-26(37-27)21-7-11-28-12-8-21/h2-8,11-12,15,17-19,29H,9-10,13-14,16H2,1H3,(H,31,33,34). The third-order valence-electron chi connectivity index (χ3n) is 6.17. The number of anilines is 2. The number of nitrogens with zero attached hydrogens (tertiary/aromatic N) is 4. The van der Waals surface area contributed by atoms with E-state index < -0.39 is 0 Å². The molecule has 0 aliphatic carbocycles. The van der Waals surface area contributed by atoms with Crippen LogP contribution >= 0.6 is 11.3 Å². The summed E-state index contributed by atoms with van der Waals surface area (Å²) in [5.74, 6) is 0.621. The molecule has 2 N–H and O–H groups in total. The molecule has 0 bridgehead atoms. The first kappa shape index (κ1) is 24.8. The molecule has 5 rings (SSSR count). The lowest BCUT2D eigenvalue weighted by atomic mass is 10.0. The monoisotopic (exact) mass is 516 g/mol. The van der Waals surface area contributed by atoms with Gasteiger partial charge in [0.05, 0.1) is 11.3 Å². The highest BCUT2D eigenvalue weighted by molar-refractivity contribution is 7.18. The van der Waals surface area contributed by atoms with Gasteiger partial charge in [-0.25, -0.2) is 4.98 Å². The molecule has 1 amide bonds. The Labute approximate surface area is 219 Å². The van der Waals surface area contributed by atoms with Gasteiger partial charge in [-0.1, -0.05) is 41.7 Å². The SMILES string of the molecule is CC(Oc1ncc(C(=O)Nc2nnc(-c3ccncc3)s2)cc1NCC1CCOCC1)c1ccccc1. The topological polar surface area (TPSA) is 111 Å². The molecule has 0 radical (unpaired) electrons. The fourth-order valence-electron chi connectivity index (χ4n) is 4.02. The molecule has 1 unspecified atom stereocenters. The van der Waals surface area contributed by atoms with Crippen molar-refractivity contribution in [2.75, 3.05) is 30.4 Å². The molecule has 4 heterocycles. The summed E-state index contributed by atoms with van der Waals surface area (Å²) in [5.41, 5.74) is 3.01. The summed E-state index contributed by atoms with van der Waals surface area (Å²) in [4.78, 5) is 21.6. The van der Waals surface area contributed by atoms with Gasteiger partial charge in [-0.2, -0.15) is 0 Å². The molecule has 0 spiro atoms. The van der Waals surface area contributed by atoms with Crippen molar-refractivity contribution >= 4 is 28.1 Å². The highest BCUT2D eigenvalue weighted by atomic mass is 32.1. The number of amides is 1. The number of nitrogens with one attached hydrogen (secondary N) is 2. The Kier molecular flexibility index (Phi) is 7.97. The van der Waals surface area contributed by atoms with Gasteiger partial charge in [0.25, 0.3) is 5.91 Å². The minimum atomic E-state index is -0.318. The maximum Gasteiger partial charge on any atom is 0.259 e. The van der Waals surface area contributed by atoms with Crippen molar-refractivity contribution in [3.63, 3.8) is 0 Å². The molecule has 1 aromatic carbocycles. The summed E-state index contributed by atoms with van der Waals surface area (Å²) in [6.07, 6.45) is 6.69. The summed E-state index contributed by atoms with van der Waals surface area (Å²) in [6, 6.07) is 15.4. The fraction of sp³-hybridized carbons (Fsp3) is 0.296. The molecule has 37 heavy (non-hydrogen) atoms. The van der Waals surface area contributed by atoms with Crippen LogP contribution in [0.25, 0.3) is 10.6 Å². The maximum atomic E-state index is 13.1. The van der Waals surface area contributed by atoms with E-state index in [0.29, 0.717) is 33.2 Å². The van der Waals surface area contributed by atoms with Crippen LogP contribution in [0, 0.1) is 5.92 Å². The second-order valence-corrected chi connectivity index (χ2v) is 9.76. The Morgan fingerprint density at radius 3 is 2.70 bits per heavy atom. The van der Waals surface area contributed by atoms with E-state index in [0.717, 1.165) is 43.7 Å². The Morgan fingerprint density at radius 2 is 1.92 bits per heavy atom. The van der Waals surface area contributed by atoms with Crippen LogP contribution in [-0.2, 0) is 4.74 Å². The predicted molar refractivity (Wildman–Crippen MR) is 143 cm³/mol.